The summed E-state index contributed by atoms with van der Waals surface area (Å²) in [4.78, 5) is 33.7. The van der Waals surface area contributed by atoms with E-state index in [0.29, 0.717) is 11.7 Å². The second kappa shape index (κ2) is 8.03. The van der Waals surface area contributed by atoms with Crippen molar-refractivity contribution in [3.63, 3.8) is 0 Å². The first-order valence-electron chi connectivity index (χ1n) is 8.70. The molecule has 0 N–H and O–H groups in total. The molecule has 2 aliphatic heterocycles. The summed E-state index contributed by atoms with van der Waals surface area (Å²) < 4.78 is 31.4. The van der Waals surface area contributed by atoms with Crippen molar-refractivity contribution < 1.29 is 13.5 Å². The maximum atomic E-state index is 13.0. The fraction of sp³-hybridized carbons (Fsp3) is 0.100. The van der Waals surface area contributed by atoms with Gasteiger partial charge in [0.25, 0.3) is 5.56 Å². The Kier molecular flexibility index (Phi) is 5.28. The van der Waals surface area contributed by atoms with Gasteiger partial charge in [0, 0.05) is 12.4 Å². The number of hydrogen-bond donors (Lipinski definition) is 0. The molecule has 0 saturated carbocycles. The molecule has 0 fully saturated rings. The lowest BCUT2D eigenvalue weighted by molar-refractivity contribution is -0.0498. The lowest BCUT2D eigenvalue weighted by Crippen LogP contribution is -2.36. The largest absolute Gasteiger partial charge is 0.435 e. The first-order chi connectivity index (χ1) is 14.4. The number of hydrogen-bond acceptors (Lipinski definition) is 5. The molecule has 0 spiro atoms. The summed E-state index contributed by atoms with van der Waals surface area (Å²) in [5.74, 6) is 0.133. The fourth-order valence-corrected chi connectivity index (χ4v) is 3.12. The van der Waals surface area contributed by atoms with Crippen LogP contribution in [-0.2, 0) is 6.54 Å². The number of ether oxygens (including phenoxy) is 1. The van der Waals surface area contributed by atoms with Crippen LogP contribution in [0.25, 0.3) is 17.1 Å². The van der Waals surface area contributed by atoms with Crippen molar-refractivity contribution in [1.29, 1.82) is 0 Å². The molecular weight excluding hydrogens is 418 g/mol. The third-order valence-electron chi connectivity index (χ3n) is 4.33. The van der Waals surface area contributed by atoms with E-state index in [1.807, 2.05) is 0 Å². The summed E-state index contributed by atoms with van der Waals surface area (Å²) in [6.45, 7) is -2.64. The first-order valence-corrected chi connectivity index (χ1v) is 9.08. The number of rotatable bonds is 5. The zero-order valence-corrected chi connectivity index (χ0v) is 16.0. The van der Waals surface area contributed by atoms with Gasteiger partial charge in [0.05, 0.1) is 17.8 Å². The van der Waals surface area contributed by atoms with Crippen LogP contribution in [0.15, 0.2) is 70.5 Å². The average Bonchev–Trinajstić information content (AvgIpc) is 2.71. The Labute approximate surface area is 173 Å². The molecule has 0 aliphatic carbocycles. The van der Waals surface area contributed by atoms with Gasteiger partial charge in [-0.2, -0.15) is 13.8 Å². The number of nitrogens with zero attached hydrogens (tertiary/aromatic N) is 4. The molecule has 0 amide bonds. The summed E-state index contributed by atoms with van der Waals surface area (Å²) in [6, 6.07) is 11.8. The van der Waals surface area contributed by atoms with E-state index in [2.05, 4.69) is 14.7 Å². The van der Waals surface area contributed by atoms with Crippen LogP contribution in [0.4, 0.5) is 8.78 Å². The lowest BCUT2D eigenvalue weighted by Gasteiger charge is -2.15. The highest BCUT2D eigenvalue weighted by Crippen LogP contribution is 2.19. The summed E-state index contributed by atoms with van der Waals surface area (Å²) in [5.41, 5.74) is -0.129. The molecule has 0 bridgehead atoms. The molecule has 0 atom stereocenters. The minimum Gasteiger partial charge on any atom is -0.435 e. The van der Waals surface area contributed by atoms with E-state index >= 15 is 0 Å². The molecule has 3 heterocycles. The molecule has 1 aromatic heterocycles. The Morgan fingerprint density at radius 1 is 1.07 bits per heavy atom. The Morgan fingerprint density at radius 3 is 2.50 bits per heavy atom. The van der Waals surface area contributed by atoms with Crippen molar-refractivity contribution in [3.05, 3.63) is 92.5 Å². The molecule has 2 aromatic rings. The van der Waals surface area contributed by atoms with Crippen molar-refractivity contribution in [2.75, 3.05) is 0 Å². The number of fused-ring (bicyclic) bond motifs is 1. The van der Waals surface area contributed by atoms with Crippen molar-refractivity contribution >= 4 is 11.6 Å². The molecule has 152 valence electrons. The van der Waals surface area contributed by atoms with Gasteiger partial charge in [0.15, 0.2) is 5.82 Å². The van der Waals surface area contributed by atoms with Crippen LogP contribution in [0.2, 0.25) is 5.15 Å². The van der Waals surface area contributed by atoms with Crippen LogP contribution in [-0.4, -0.2) is 25.7 Å². The highest BCUT2D eigenvalue weighted by molar-refractivity contribution is 6.29. The fourth-order valence-electron chi connectivity index (χ4n) is 3.01. The topological polar surface area (TPSA) is 79.0 Å². The maximum Gasteiger partial charge on any atom is 0.387 e. The van der Waals surface area contributed by atoms with Crippen molar-refractivity contribution in [2.24, 2.45) is 0 Å². The average molecular weight is 431 g/mol. The summed E-state index contributed by atoms with van der Waals surface area (Å²) >= 11 is 5.80. The Bertz CT molecular complexity index is 1270. The second-order valence-corrected chi connectivity index (χ2v) is 6.66. The third-order valence-corrected chi connectivity index (χ3v) is 4.55. The summed E-state index contributed by atoms with van der Waals surface area (Å²) in [5, 5.41) is 0.356. The van der Waals surface area contributed by atoms with E-state index in [4.69, 9.17) is 11.6 Å². The molecule has 4 rings (SSSR count). The van der Waals surface area contributed by atoms with E-state index in [1.54, 1.807) is 41.2 Å². The highest BCUT2D eigenvalue weighted by atomic mass is 35.5. The highest BCUT2D eigenvalue weighted by Gasteiger charge is 2.18. The monoisotopic (exact) mass is 430 g/mol. The molecule has 7 nitrogen and oxygen atoms in total. The van der Waals surface area contributed by atoms with Crippen LogP contribution in [0.3, 0.4) is 0 Å². The van der Waals surface area contributed by atoms with Crippen LogP contribution in [0.1, 0.15) is 5.56 Å². The normalized spacial score (nSPS) is 11.2. The first kappa shape index (κ1) is 19.7. The van der Waals surface area contributed by atoms with Gasteiger partial charge in [-0.15, -0.1) is 0 Å². The third kappa shape index (κ3) is 3.92. The predicted octanol–water partition coefficient (Wildman–Crippen LogP) is 3.20. The van der Waals surface area contributed by atoms with Gasteiger partial charge < -0.3 is 9.30 Å². The maximum absolute atomic E-state index is 13.0. The minimum absolute atomic E-state index is 0.0857. The number of benzene rings is 1. The number of aromatic nitrogens is 4. The standard InChI is InChI=1S/C20H13ClF2N4O3/c21-16-8-3-12(10-24-16)11-26-9-1-2-15-17(26)25-20(29)27(18(15)28)13-4-6-14(7-5-13)30-19(22)23/h1-10,19H,11H2. The molecule has 30 heavy (non-hydrogen) atoms. The van der Waals surface area contributed by atoms with E-state index in [-0.39, 0.29) is 22.8 Å². The Balaban J connectivity index is 1.77. The van der Waals surface area contributed by atoms with Gasteiger partial charge in [-0.25, -0.2) is 14.3 Å². The molecule has 10 heteroatoms. The molecular formula is C20H13ClF2N4O3. The molecule has 0 radical (unpaired) electrons. The van der Waals surface area contributed by atoms with Crippen molar-refractivity contribution in [1.82, 2.24) is 19.1 Å². The lowest BCUT2D eigenvalue weighted by atomic mass is 10.2. The Hall–Kier alpha value is -3.59. The number of alkyl halides is 2. The smallest absolute Gasteiger partial charge is 0.387 e. The SMILES string of the molecule is O=c1nc2n(Cc3ccc(Cl)nc3)cccc-2c(=O)n1-c1ccc(OC(F)F)cc1. The van der Waals surface area contributed by atoms with Crippen molar-refractivity contribution in [2.45, 2.75) is 13.2 Å². The molecule has 2 aliphatic rings. The van der Waals surface area contributed by atoms with E-state index < -0.39 is 17.9 Å². The van der Waals surface area contributed by atoms with Gasteiger partial charge in [-0.3, -0.25) is 4.79 Å². The van der Waals surface area contributed by atoms with Gasteiger partial charge in [-0.05, 0) is 48.0 Å². The number of pyridine rings is 2. The predicted molar refractivity (Wildman–Crippen MR) is 106 cm³/mol. The van der Waals surface area contributed by atoms with Crippen LogP contribution < -0.4 is 16.0 Å². The van der Waals surface area contributed by atoms with E-state index in [9.17, 15) is 18.4 Å². The van der Waals surface area contributed by atoms with Crippen LogP contribution in [0, 0.1) is 0 Å². The molecule has 0 unspecified atom stereocenters. The number of halogens is 3. The summed E-state index contributed by atoms with van der Waals surface area (Å²) in [7, 11) is 0. The van der Waals surface area contributed by atoms with Gasteiger partial charge in [0.2, 0.25) is 0 Å². The van der Waals surface area contributed by atoms with Crippen LogP contribution >= 0.6 is 11.6 Å². The zero-order valence-electron chi connectivity index (χ0n) is 15.2. The van der Waals surface area contributed by atoms with Gasteiger partial charge in [0.1, 0.15) is 10.9 Å². The second-order valence-electron chi connectivity index (χ2n) is 6.27. The Morgan fingerprint density at radius 2 is 1.83 bits per heavy atom. The van der Waals surface area contributed by atoms with Crippen LogP contribution in [0.5, 0.6) is 5.75 Å². The van der Waals surface area contributed by atoms with Gasteiger partial charge in [-0.1, -0.05) is 17.7 Å². The van der Waals surface area contributed by atoms with Crippen molar-refractivity contribution in [3.8, 4) is 22.8 Å². The quantitative estimate of drug-likeness (QED) is 0.454. The molecule has 0 saturated heterocycles. The minimum atomic E-state index is -2.97. The molecule has 1 aromatic carbocycles. The zero-order chi connectivity index (χ0) is 21.3. The van der Waals surface area contributed by atoms with E-state index in [1.165, 1.54) is 24.3 Å². The van der Waals surface area contributed by atoms with Gasteiger partial charge >= 0.3 is 12.3 Å². The summed E-state index contributed by atoms with van der Waals surface area (Å²) in [6.07, 6.45) is 3.29. The van der Waals surface area contributed by atoms with E-state index in [0.717, 1.165) is 10.1 Å².